The third-order valence-electron chi connectivity index (χ3n) is 9.18. The summed E-state index contributed by atoms with van der Waals surface area (Å²) in [4.78, 5) is 34.0. The number of methoxy groups -OCH3 is 1. The Morgan fingerprint density at radius 1 is 0.959 bits per heavy atom. The Bertz CT molecular complexity index is 2120. The molecule has 0 unspecified atom stereocenters. The number of fused-ring (bicyclic) bond motifs is 1. The highest BCUT2D eigenvalue weighted by molar-refractivity contribution is 6.39. The lowest BCUT2D eigenvalue weighted by Crippen LogP contribution is -2.35. The van der Waals surface area contributed by atoms with Gasteiger partial charge in [0, 0.05) is 84.4 Å². The first kappa shape index (κ1) is 33.2. The van der Waals surface area contributed by atoms with Crippen molar-refractivity contribution in [3.63, 3.8) is 0 Å². The first-order chi connectivity index (χ1) is 23.7. The molecular weight excluding hydrogens is 663 g/mol. The lowest BCUT2D eigenvalue weighted by atomic mass is 9.97. The summed E-state index contributed by atoms with van der Waals surface area (Å²) in [5.74, 6) is 0.585. The van der Waals surface area contributed by atoms with E-state index < -0.39 is 5.60 Å². The SMILES string of the molecule is COc1nc(-c2cccc(-c3cccc(-c4ccn5c(=O)c(CNCC6(O)CC6)cnc5c4)c3Cl)c2Cl)ccc1CNC[C@@H]1CCC(=O)N1. The smallest absolute Gasteiger partial charge is 0.262 e. The van der Waals surface area contributed by atoms with Crippen LogP contribution in [0, 0.1) is 0 Å². The maximum atomic E-state index is 13.2. The average molecular weight is 700 g/mol. The number of benzene rings is 2. The lowest BCUT2D eigenvalue weighted by molar-refractivity contribution is -0.119. The zero-order valence-electron chi connectivity index (χ0n) is 26.9. The van der Waals surface area contributed by atoms with Crippen LogP contribution in [0.3, 0.4) is 0 Å². The van der Waals surface area contributed by atoms with E-state index >= 15 is 0 Å². The van der Waals surface area contributed by atoms with Gasteiger partial charge in [-0.3, -0.25) is 14.0 Å². The lowest BCUT2D eigenvalue weighted by Gasteiger charge is -2.16. The number of aromatic nitrogens is 3. The molecule has 0 radical (unpaired) electrons. The number of ether oxygens (including phenoxy) is 1. The van der Waals surface area contributed by atoms with E-state index in [1.54, 1.807) is 19.5 Å². The van der Waals surface area contributed by atoms with Gasteiger partial charge in [-0.05, 0) is 43.0 Å². The van der Waals surface area contributed by atoms with Gasteiger partial charge < -0.3 is 25.8 Å². The Morgan fingerprint density at radius 3 is 2.39 bits per heavy atom. The van der Waals surface area contributed by atoms with Crippen molar-refractivity contribution < 1.29 is 14.6 Å². The summed E-state index contributed by atoms with van der Waals surface area (Å²) in [7, 11) is 1.59. The van der Waals surface area contributed by atoms with Crippen LogP contribution in [0.4, 0.5) is 0 Å². The molecule has 2 aliphatic rings. The van der Waals surface area contributed by atoms with Gasteiger partial charge in [0.15, 0.2) is 0 Å². The largest absolute Gasteiger partial charge is 0.481 e. The average Bonchev–Trinajstić information content (AvgIpc) is 3.70. The van der Waals surface area contributed by atoms with Gasteiger partial charge in [0.1, 0.15) is 5.65 Å². The first-order valence-corrected chi connectivity index (χ1v) is 17.0. The monoisotopic (exact) mass is 698 g/mol. The minimum atomic E-state index is -0.639. The van der Waals surface area contributed by atoms with Crippen LogP contribution in [-0.2, 0) is 17.9 Å². The minimum Gasteiger partial charge on any atom is -0.481 e. The van der Waals surface area contributed by atoms with Gasteiger partial charge in [-0.2, -0.15) is 0 Å². The Morgan fingerprint density at radius 2 is 1.67 bits per heavy atom. The Hall–Kier alpha value is -4.32. The highest BCUT2D eigenvalue weighted by Gasteiger charge is 2.39. The Kier molecular flexibility index (Phi) is 9.41. The normalized spacial score (nSPS) is 16.6. The van der Waals surface area contributed by atoms with Gasteiger partial charge in [-0.25, -0.2) is 9.97 Å². The molecule has 2 fully saturated rings. The summed E-state index contributed by atoms with van der Waals surface area (Å²) < 4.78 is 7.15. The number of hydrogen-bond donors (Lipinski definition) is 4. The fourth-order valence-corrected chi connectivity index (χ4v) is 6.86. The van der Waals surface area contributed by atoms with Crippen molar-refractivity contribution in [2.75, 3.05) is 20.2 Å². The van der Waals surface area contributed by atoms with Crippen molar-refractivity contribution in [2.24, 2.45) is 0 Å². The van der Waals surface area contributed by atoms with E-state index in [0.717, 1.165) is 52.6 Å². The number of halogens is 2. The summed E-state index contributed by atoms with van der Waals surface area (Å²) in [6.07, 6.45) is 6.25. The van der Waals surface area contributed by atoms with Crippen molar-refractivity contribution in [2.45, 2.75) is 50.4 Å². The van der Waals surface area contributed by atoms with Gasteiger partial charge in [0.05, 0.1) is 28.5 Å². The Labute approximate surface area is 293 Å². The molecule has 252 valence electrons. The number of carbonyl (C=O) groups is 1. The predicted octanol–water partition coefficient (Wildman–Crippen LogP) is 5.39. The zero-order valence-corrected chi connectivity index (χ0v) is 28.4. The van der Waals surface area contributed by atoms with Crippen LogP contribution in [0.15, 0.2) is 77.9 Å². The van der Waals surface area contributed by atoms with Crippen molar-refractivity contribution in [3.8, 4) is 39.4 Å². The molecule has 1 atom stereocenters. The molecule has 4 heterocycles. The number of carbonyl (C=O) groups excluding carboxylic acids is 1. The van der Waals surface area contributed by atoms with E-state index in [0.29, 0.717) is 65.4 Å². The molecule has 1 saturated heterocycles. The first-order valence-electron chi connectivity index (χ1n) is 16.3. The summed E-state index contributed by atoms with van der Waals surface area (Å²) in [5.41, 5.74) is 5.59. The summed E-state index contributed by atoms with van der Waals surface area (Å²) in [6.45, 7) is 2.00. The molecular formula is C37H36Cl2N6O4. The number of aliphatic hydroxyl groups is 1. The van der Waals surface area contributed by atoms with Crippen molar-refractivity contribution in [3.05, 3.63) is 105 Å². The van der Waals surface area contributed by atoms with E-state index in [-0.39, 0.29) is 17.5 Å². The number of nitrogens with one attached hydrogen (secondary N) is 3. The van der Waals surface area contributed by atoms with Gasteiger partial charge in [-0.15, -0.1) is 0 Å². The van der Waals surface area contributed by atoms with Crippen LogP contribution >= 0.6 is 23.2 Å². The number of rotatable bonds is 12. The molecule has 1 aliphatic carbocycles. The van der Waals surface area contributed by atoms with Crippen molar-refractivity contribution in [1.82, 2.24) is 30.3 Å². The highest BCUT2D eigenvalue weighted by Crippen LogP contribution is 2.42. The molecule has 4 N–H and O–H groups in total. The molecule has 1 aliphatic heterocycles. The predicted molar refractivity (Wildman–Crippen MR) is 191 cm³/mol. The maximum Gasteiger partial charge on any atom is 0.262 e. The van der Waals surface area contributed by atoms with Crippen LogP contribution in [-0.4, -0.2) is 57.2 Å². The van der Waals surface area contributed by atoms with Gasteiger partial charge in [0.2, 0.25) is 11.8 Å². The van der Waals surface area contributed by atoms with Crippen LogP contribution in [0.25, 0.3) is 39.2 Å². The van der Waals surface area contributed by atoms with Crippen LogP contribution in [0.5, 0.6) is 5.88 Å². The molecule has 7 rings (SSSR count). The van der Waals surface area contributed by atoms with Gasteiger partial charge in [0.25, 0.3) is 5.56 Å². The standard InChI is InChI=1S/C37H36Cl2N6O4/c1-49-35-23(17-40-20-25-9-11-32(46)43-25)8-10-30(44-35)29-7-3-6-28(34(29)39)27-5-2-4-26(33(27)38)22-12-15-45-31(16-22)42-19-24(36(45)47)18-41-21-37(48)13-14-37/h2-8,10,12,15-16,19,25,40-41,48H,9,11,13-14,17-18,20-21H2,1H3,(H,43,46)/t25-/m0/s1. The fourth-order valence-electron chi connectivity index (χ4n) is 6.20. The zero-order chi connectivity index (χ0) is 34.1. The molecule has 0 bridgehead atoms. The van der Waals surface area contributed by atoms with Gasteiger partial charge >= 0.3 is 0 Å². The maximum absolute atomic E-state index is 13.2. The molecule has 0 spiro atoms. The molecule has 5 aromatic rings. The fraction of sp³-hybridized carbons (Fsp3) is 0.297. The number of pyridine rings is 2. The van der Waals surface area contributed by atoms with E-state index in [1.807, 2.05) is 60.7 Å². The number of nitrogens with zero attached hydrogens (tertiary/aromatic N) is 3. The molecule has 1 amide bonds. The molecule has 3 aromatic heterocycles. The van der Waals surface area contributed by atoms with E-state index in [4.69, 9.17) is 32.9 Å². The molecule has 49 heavy (non-hydrogen) atoms. The van der Waals surface area contributed by atoms with Gasteiger partial charge in [-0.1, -0.05) is 65.7 Å². The second-order valence-corrected chi connectivity index (χ2v) is 13.4. The number of hydrogen-bond acceptors (Lipinski definition) is 8. The topological polar surface area (TPSA) is 130 Å². The summed E-state index contributed by atoms with van der Waals surface area (Å²) >= 11 is 14.2. The van der Waals surface area contributed by atoms with Crippen molar-refractivity contribution >= 4 is 34.8 Å². The van der Waals surface area contributed by atoms with E-state index in [9.17, 15) is 14.7 Å². The minimum absolute atomic E-state index is 0.0936. The quantitative estimate of drug-likeness (QED) is 0.137. The molecule has 2 aromatic carbocycles. The summed E-state index contributed by atoms with van der Waals surface area (Å²) in [6, 6.07) is 19.2. The van der Waals surface area contributed by atoms with E-state index in [1.165, 1.54) is 4.40 Å². The second-order valence-electron chi connectivity index (χ2n) is 12.7. The van der Waals surface area contributed by atoms with Crippen LogP contribution in [0.1, 0.15) is 36.8 Å². The third kappa shape index (κ3) is 7.06. The number of amides is 1. The molecule has 1 saturated carbocycles. The van der Waals surface area contributed by atoms with Crippen LogP contribution in [0.2, 0.25) is 10.0 Å². The summed E-state index contributed by atoms with van der Waals surface area (Å²) in [5, 5.41) is 20.6. The molecule has 12 heteroatoms. The van der Waals surface area contributed by atoms with E-state index in [2.05, 4.69) is 20.9 Å². The molecule has 10 nitrogen and oxygen atoms in total. The van der Waals surface area contributed by atoms with Crippen molar-refractivity contribution in [1.29, 1.82) is 0 Å². The third-order valence-corrected chi connectivity index (χ3v) is 9.99. The highest BCUT2D eigenvalue weighted by atomic mass is 35.5. The van der Waals surface area contributed by atoms with Crippen LogP contribution < -0.4 is 26.2 Å². The second kappa shape index (κ2) is 13.9. The Balaban J connectivity index is 1.12.